The highest BCUT2D eigenvalue weighted by atomic mass is 127. The monoisotopic (exact) mass is 380 g/mol. The molecule has 0 atom stereocenters. The lowest BCUT2D eigenvalue weighted by atomic mass is 10.1. The van der Waals surface area contributed by atoms with Crippen LogP contribution >= 0.6 is 22.6 Å². The van der Waals surface area contributed by atoms with E-state index in [1.54, 1.807) is 0 Å². The van der Waals surface area contributed by atoms with Gasteiger partial charge in [-0.15, -0.1) is 0 Å². The molecule has 0 unspecified atom stereocenters. The first kappa shape index (κ1) is 15.0. The molecule has 2 nitrogen and oxygen atoms in total. The van der Waals surface area contributed by atoms with Gasteiger partial charge in [-0.25, -0.2) is 0 Å². The molecule has 0 saturated carbocycles. The number of carbonyl (C=O) groups is 1. The first-order valence-corrected chi connectivity index (χ1v) is 7.77. The quantitative estimate of drug-likeness (QED) is 0.545. The van der Waals surface area contributed by atoms with Crippen LogP contribution in [0.4, 0.5) is 0 Å². The van der Waals surface area contributed by atoms with Gasteiger partial charge in [0.05, 0.1) is 0 Å². The molecule has 0 saturated heterocycles. The van der Waals surface area contributed by atoms with Crippen LogP contribution in [0.15, 0.2) is 48.5 Å². The van der Waals surface area contributed by atoms with Crippen molar-refractivity contribution in [2.75, 3.05) is 6.61 Å². The van der Waals surface area contributed by atoms with Crippen LogP contribution in [0, 0.1) is 3.57 Å². The van der Waals surface area contributed by atoms with Crippen LogP contribution in [0.3, 0.4) is 0 Å². The van der Waals surface area contributed by atoms with Crippen LogP contribution in [0.5, 0.6) is 5.75 Å². The Bertz CT molecular complexity index is 559. The summed E-state index contributed by atoms with van der Waals surface area (Å²) >= 11 is 2.23. The molecule has 0 aliphatic rings. The Labute approximate surface area is 133 Å². The van der Waals surface area contributed by atoms with E-state index in [0.29, 0.717) is 5.56 Å². The second-order valence-electron chi connectivity index (χ2n) is 4.61. The molecule has 0 heterocycles. The lowest BCUT2D eigenvalue weighted by Crippen LogP contribution is -2.11. The molecule has 0 bridgehead atoms. The zero-order chi connectivity index (χ0) is 14.4. The normalized spacial score (nSPS) is 10.3. The summed E-state index contributed by atoms with van der Waals surface area (Å²) in [5, 5.41) is 0. The van der Waals surface area contributed by atoms with E-state index in [9.17, 15) is 4.79 Å². The Morgan fingerprint density at radius 3 is 2.30 bits per heavy atom. The lowest BCUT2D eigenvalue weighted by Gasteiger charge is -2.06. The van der Waals surface area contributed by atoms with Crippen molar-refractivity contribution in [1.82, 2.24) is 0 Å². The molecule has 0 radical (unpaired) electrons. The molecule has 0 N–H and O–H groups in total. The van der Waals surface area contributed by atoms with Crippen LogP contribution in [0.2, 0.25) is 0 Å². The van der Waals surface area contributed by atoms with Crippen LogP contribution in [0.25, 0.3) is 0 Å². The Kier molecular flexibility index (Phi) is 5.59. The number of ketones is 1. The number of benzene rings is 2. The number of hydrogen-bond acceptors (Lipinski definition) is 2. The fourth-order valence-electron chi connectivity index (χ4n) is 1.91. The van der Waals surface area contributed by atoms with Crippen molar-refractivity contribution < 1.29 is 9.53 Å². The van der Waals surface area contributed by atoms with Crippen molar-refractivity contribution in [2.45, 2.75) is 19.8 Å². The molecule has 2 aromatic rings. The fourth-order valence-corrected chi connectivity index (χ4v) is 2.27. The van der Waals surface area contributed by atoms with Crippen LogP contribution in [-0.4, -0.2) is 12.4 Å². The zero-order valence-corrected chi connectivity index (χ0v) is 13.6. The van der Waals surface area contributed by atoms with Crippen molar-refractivity contribution in [3.63, 3.8) is 0 Å². The Hall–Kier alpha value is -1.36. The molecular weight excluding hydrogens is 363 g/mol. The number of aryl methyl sites for hydroxylation is 1. The van der Waals surface area contributed by atoms with E-state index >= 15 is 0 Å². The van der Waals surface area contributed by atoms with Gasteiger partial charge in [0.25, 0.3) is 0 Å². The number of carbonyl (C=O) groups excluding carboxylic acids is 1. The minimum atomic E-state index is 0.00611. The molecule has 20 heavy (non-hydrogen) atoms. The van der Waals surface area contributed by atoms with Crippen LogP contribution in [-0.2, 0) is 6.42 Å². The largest absolute Gasteiger partial charge is 0.485 e. The highest BCUT2D eigenvalue weighted by Gasteiger charge is 2.06. The van der Waals surface area contributed by atoms with Gasteiger partial charge in [-0.2, -0.15) is 0 Å². The van der Waals surface area contributed by atoms with E-state index in [1.165, 1.54) is 5.56 Å². The van der Waals surface area contributed by atoms with E-state index in [2.05, 4.69) is 29.5 Å². The molecule has 0 fully saturated rings. The van der Waals surface area contributed by atoms with Gasteiger partial charge >= 0.3 is 0 Å². The summed E-state index contributed by atoms with van der Waals surface area (Å²) in [4.78, 5) is 12.0. The second-order valence-corrected chi connectivity index (χ2v) is 5.86. The number of ether oxygens (including phenoxy) is 1. The van der Waals surface area contributed by atoms with Crippen molar-refractivity contribution >= 4 is 28.4 Å². The predicted molar refractivity (Wildman–Crippen MR) is 89.4 cm³/mol. The third kappa shape index (κ3) is 4.34. The van der Waals surface area contributed by atoms with E-state index in [4.69, 9.17) is 4.74 Å². The summed E-state index contributed by atoms with van der Waals surface area (Å²) in [7, 11) is 0. The summed E-state index contributed by atoms with van der Waals surface area (Å²) in [6.07, 6.45) is 2.16. The zero-order valence-electron chi connectivity index (χ0n) is 11.4. The van der Waals surface area contributed by atoms with Gasteiger partial charge in [0.15, 0.2) is 12.4 Å². The third-order valence-electron chi connectivity index (χ3n) is 3.00. The highest BCUT2D eigenvalue weighted by molar-refractivity contribution is 14.1. The summed E-state index contributed by atoms with van der Waals surface area (Å²) in [5.74, 6) is 0.730. The van der Waals surface area contributed by atoms with Gasteiger partial charge in [-0.1, -0.05) is 37.6 Å². The van der Waals surface area contributed by atoms with Gasteiger partial charge in [-0.3, -0.25) is 4.79 Å². The predicted octanol–water partition coefficient (Wildman–Crippen LogP) is 4.51. The van der Waals surface area contributed by atoms with Gasteiger partial charge in [0, 0.05) is 9.13 Å². The fraction of sp³-hybridized carbons (Fsp3) is 0.235. The number of rotatable bonds is 6. The summed E-state index contributed by atoms with van der Waals surface area (Å²) < 4.78 is 6.65. The lowest BCUT2D eigenvalue weighted by molar-refractivity contribution is 0.0921. The van der Waals surface area contributed by atoms with Crippen molar-refractivity contribution in [3.8, 4) is 5.75 Å². The van der Waals surface area contributed by atoms with Crippen molar-refractivity contribution in [1.29, 1.82) is 0 Å². The average molecular weight is 380 g/mol. The Balaban J connectivity index is 1.92. The maximum atomic E-state index is 12.0. The van der Waals surface area contributed by atoms with Crippen molar-refractivity contribution in [2.24, 2.45) is 0 Å². The molecular formula is C17H17IO2. The molecule has 0 aromatic heterocycles. The maximum absolute atomic E-state index is 12.0. The topological polar surface area (TPSA) is 26.3 Å². The molecule has 0 aliphatic heterocycles. The van der Waals surface area contributed by atoms with E-state index in [1.807, 2.05) is 48.5 Å². The standard InChI is InChI=1S/C17H17IO2/c1-2-3-13-4-6-14(7-5-13)17(19)12-20-16-10-8-15(18)9-11-16/h4-11H,2-3,12H2,1H3. The van der Waals surface area contributed by atoms with Gasteiger partial charge in [0.2, 0.25) is 0 Å². The Morgan fingerprint density at radius 1 is 1.05 bits per heavy atom. The molecule has 104 valence electrons. The third-order valence-corrected chi connectivity index (χ3v) is 3.72. The van der Waals surface area contributed by atoms with Crippen molar-refractivity contribution in [3.05, 3.63) is 63.2 Å². The SMILES string of the molecule is CCCc1ccc(C(=O)COc2ccc(I)cc2)cc1. The molecule has 2 aromatic carbocycles. The van der Waals surface area contributed by atoms with Crippen LogP contribution < -0.4 is 4.74 Å². The molecule has 3 heteroatoms. The molecule has 0 spiro atoms. The summed E-state index contributed by atoms with van der Waals surface area (Å²) in [6, 6.07) is 15.5. The minimum Gasteiger partial charge on any atom is -0.485 e. The number of hydrogen-bond donors (Lipinski definition) is 0. The van der Waals surface area contributed by atoms with E-state index in [-0.39, 0.29) is 12.4 Å². The smallest absolute Gasteiger partial charge is 0.200 e. The van der Waals surface area contributed by atoms with E-state index in [0.717, 1.165) is 22.2 Å². The van der Waals surface area contributed by atoms with E-state index < -0.39 is 0 Å². The molecule has 2 rings (SSSR count). The first-order valence-electron chi connectivity index (χ1n) is 6.69. The minimum absolute atomic E-state index is 0.00611. The van der Waals surface area contributed by atoms with Gasteiger partial charge in [0.1, 0.15) is 5.75 Å². The maximum Gasteiger partial charge on any atom is 0.200 e. The second kappa shape index (κ2) is 7.43. The highest BCUT2D eigenvalue weighted by Crippen LogP contribution is 2.14. The summed E-state index contributed by atoms with van der Waals surface area (Å²) in [6.45, 7) is 2.22. The van der Waals surface area contributed by atoms with Gasteiger partial charge in [-0.05, 0) is 58.8 Å². The molecule has 0 aliphatic carbocycles. The van der Waals surface area contributed by atoms with Crippen LogP contribution in [0.1, 0.15) is 29.3 Å². The first-order chi connectivity index (χ1) is 9.69. The van der Waals surface area contributed by atoms with Gasteiger partial charge < -0.3 is 4.74 Å². The Morgan fingerprint density at radius 2 is 1.70 bits per heavy atom. The number of halogens is 1. The molecule has 0 amide bonds. The average Bonchev–Trinajstić information content (AvgIpc) is 2.47. The number of Topliss-reactive ketones (excluding diaryl/α,β-unsaturated/α-hetero) is 1. The summed E-state index contributed by atoms with van der Waals surface area (Å²) in [5.41, 5.74) is 1.97.